The standard InChI is InChI=1S/C12H14FNO3/c1-17-8-5-6-14(7-8)10-4-2-3-9(13)11(10)12(15)16/h2-4,8H,5-7H2,1H3,(H,15,16). The largest absolute Gasteiger partial charge is 0.478 e. The first-order chi connectivity index (χ1) is 8.13. The van der Waals surface area contributed by atoms with E-state index in [1.54, 1.807) is 13.2 Å². The van der Waals surface area contributed by atoms with E-state index < -0.39 is 11.8 Å². The molecule has 1 aromatic rings. The van der Waals surface area contributed by atoms with Crippen molar-refractivity contribution in [1.29, 1.82) is 0 Å². The van der Waals surface area contributed by atoms with Crippen molar-refractivity contribution >= 4 is 11.7 Å². The van der Waals surface area contributed by atoms with Gasteiger partial charge in [0.15, 0.2) is 0 Å². The van der Waals surface area contributed by atoms with E-state index in [-0.39, 0.29) is 11.7 Å². The number of rotatable bonds is 3. The van der Waals surface area contributed by atoms with Gasteiger partial charge >= 0.3 is 5.97 Å². The van der Waals surface area contributed by atoms with Crippen LogP contribution in [0.2, 0.25) is 0 Å². The third-order valence-electron chi connectivity index (χ3n) is 3.02. The third-order valence-corrected chi connectivity index (χ3v) is 3.02. The lowest BCUT2D eigenvalue weighted by Crippen LogP contribution is -2.24. The summed E-state index contributed by atoms with van der Waals surface area (Å²) in [5.41, 5.74) is 0.168. The molecule has 92 valence electrons. The first-order valence-corrected chi connectivity index (χ1v) is 5.43. The Labute approximate surface area is 98.6 Å². The van der Waals surface area contributed by atoms with Gasteiger partial charge in [-0.15, -0.1) is 0 Å². The maximum absolute atomic E-state index is 13.5. The summed E-state index contributed by atoms with van der Waals surface area (Å²) in [4.78, 5) is 12.9. The van der Waals surface area contributed by atoms with Crippen LogP contribution in [0, 0.1) is 5.82 Å². The highest BCUT2D eigenvalue weighted by Crippen LogP contribution is 2.27. The lowest BCUT2D eigenvalue weighted by Gasteiger charge is -2.20. The number of hydrogen-bond acceptors (Lipinski definition) is 3. The van der Waals surface area contributed by atoms with Crippen LogP contribution >= 0.6 is 0 Å². The number of benzene rings is 1. The van der Waals surface area contributed by atoms with Crippen molar-refractivity contribution in [2.24, 2.45) is 0 Å². The van der Waals surface area contributed by atoms with Crippen molar-refractivity contribution in [3.8, 4) is 0 Å². The van der Waals surface area contributed by atoms with E-state index in [0.29, 0.717) is 18.8 Å². The maximum atomic E-state index is 13.5. The minimum atomic E-state index is -1.24. The lowest BCUT2D eigenvalue weighted by atomic mass is 10.1. The monoisotopic (exact) mass is 239 g/mol. The molecule has 1 atom stereocenters. The average molecular weight is 239 g/mol. The summed E-state index contributed by atoms with van der Waals surface area (Å²) in [6, 6.07) is 4.32. The van der Waals surface area contributed by atoms with Gasteiger partial charge < -0.3 is 14.7 Å². The van der Waals surface area contributed by atoms with Crippen molar-refractivity contribution in [3.63, 3.8) is 0 Å². The second kappa shape index (κ2) is 4.71. The molecule has 1 N–H and O–H groups in total. The summed E-state index contributed by atoms with van der Waals surface area (Å²) in [5, 5.41) is 9.03. The smallest absolute Gasteiger partial charge is 0.340 e. The van der Waals surface area contributed by atoms with Crippen LogP contribution in [-0.2, 0) is 4.74 Å². The zero-order valence-electron chi connectivity index (χ0n) is 9.52. The van der Waals surface area contributed by atoms with Crippen molar-refractivity contribution in [3.05, 3.63) is 29.6 Å². The Morgan fingerprint density at radius 3 is 2.94 bits per heavy atom. The van der Waals surface area contributed by atoms with Crippen molar-refractivity contribution in [2.75, 3.05) is 25.1 Å². The van der Waals surface area contributed by atoms with Crippen molar-refractivity contribution < 1.29 is 19.0 Å². The van der Waals surface area contributed by atoms with E-state index in [1.807, 2.05) is 4.90 Å². The number of carbonyl (C=O) groups is 1. The van der Waals surface area contributed by atoms with Gasteiger partial charge in [0.2, 0.25) is 0 Å². The Balaban J connectivity index is 2.33. The number of anilines is 1. The molecule has 1 aliphatic rings. The topological polar surface area (TPSA) is 49.8 Å². The molecule has 1 aromatic carbocycles. The SMILES string of the molecule is COC1CCN(c2cccc(F)c2C(=O)O)C1. The Bertz CT molecular complexity index is 436. The van der Waals surface area contributed by atoms with Crippen LogP contribution in [0.4, 0.5) is 10.1 Å². The number of hydrogen-bond donors (Lipinski definition) is 1. The van der Waals surface area contributed by atoms with E-state index in [2.05, 4.69) is 0 Å². The zero-order chi connectivity index (χ0) is 12.4. The molecule has 0 saturated carbocycles. The molecule has 1 saturated heterocycles. The molecule has 0 amide bonds. The summed E-state index contributed by atoms with van der Waals surface area (Å²) in [5.74, 6) is -1.94. The number of methoxy groups -OCH3 is 1. The van der Waals surface area contributed by atoms with Gasteiger partial charge in [-0.1, -0.05) is 6.07 Å². The van der Waals surface area contributed by atoms with Gasteiger partial charge in [0, 0.05) is 20.2 Å². The fraction of sp³-hybridized carbons (Fsp3) is 0.417. The Kier molecular flexibility index (Phi) is 3.28. The number of aromatic carboxylic acids is 1. The molecule has 0 aliphatic carbocycles. The van der Waals surface area contributed by atoms with E-state index in [1.165, 1.54) is 6.07 Å². The van der Waals surface area contributed by atoms with E-state index >= 15 is 0 Å². The van der Waals surface area contributed by atoms with E-state index in [9.17, 15) is 9.18 Å². The minimum absolute atomic E-state index is 0.0833. The Hall–Kier alpha value is -1.62. The zero-order valence-corrected chi connectivity index (χ0v) is 9.52. The summed E-state index contributed by atoms with van der Waals surface area (Å²) < 4.78 is 18.7. The third kappa shape index (κ3) is 2.24. The lowest BCUT2D eigenvalue weighted by molar-refractivity contribution is 0.0692. The van der Waals surface area contributed by atoms with Crippen LogP contribution in [0.3, 0.4) is 0 Å². The van der Waals surface area contributed by atoms with Gasteiger partial charge in [-0.25, -0.2) is 9.18 Å². The predicted octanol–water partition coefficient (Wildman–Crippen LogP) is 1.75. The molecule has 0 aromatic heterocycles. The maximum Gasteiger partial charge on any atom is 0.340 e. The molecule has 0 radical (unpaired) electrons. The van der Waals surface area contributed by atoms with Gasteiger partial charge in [0.25, 0.3) is 0 Å². The molecular formula is C12H14FNO3. The van der Waals surface area contributed by atoms with Gasteiger partial charge in [0.05, 0.1) is 11.8 Å². The molecule has 1 aliphatic heterocycles. The average Bonchev–Trinajstić information content (AvgIpc) is 2.76. The van der Waals surface area contributed by atoms with Gasteiger partial charge in [-0.2, -0.15) is 0 Å². The van der Waals surface area contributed by atoms with Gasteiger partial charge in [-0.3, -0.25) is 0 Å². The van der Waals surface area contributed by atoms with Gasteiger partial charge in [0.1, 0.15) is 11.4 Å². The van der Waals surface area contributed by atoms with Crippen molar-refractivity contribution in [2.45, 2.75) is 12.5 Å². The molecule has 1 fully saturated rings. The molecule has 4 nitrogen and oxygen atoms in total. The highest BCUT2D eigenvalue weighted by molar-refractivity contribution is 5.94. The second-order valence-electron chi connectivity index (χ2n) is 4.03. The molecule has 1 unspecified atom stereocenters. The van der Waals surface area contributed by atoms with Crippen molar-refractivity contribution in [1.82, 2.24) is 0 Å². The molecule has 17 heavy (non-hydrogen) atoms. The summed E-state index contributed by atoms with van der Waals surface area (Å²) in [6.07, 6.45) is 0.909. The second-order valence-corrected chi connectivity index (χ2v) is 4.03. The number of carboxylic acids is 1. The van der Waals surface area contributed by atoms with Crippen LogP contribution in [0.15, 0.2) is 18.2 Å². The number of nitrogens with zero attached hydrogens (tertiary/aromatic N) is 1. The number of halogens is 1. The summed E-state index contributed by atoms with van der Waals surface area (Å²) >= 11 is 0. The Morgan fingerprint density at radius 1 is 1.59 bits per heavy atom. The fourth-order valence-electron chi connectivity index (χ4n) is 2.13. The van der Waals surface area contributed by atoms with E-state index in [4.69, 9.17) is 9.84 Å². The molecule has 0 spiro atoms. The van der Waals surface area contributed by atoms with Crippen LogP contribution < -0.4 is 4.90 Å². The summed E-state index contributed by atoms with van der Waals surface area (Å²) in [7, 11) is 1.62. The fourth-order valence-corrected chi connectivity index (χ4v) is 2.13. The quantitative estimate of drug-likeness (QED) is 0.873. The molecule has 1 heterocycles. The highest BCUT2D eigenvalue weighted by Gasteiger charge is 2.27. The van der Waals surface area contributed by atoms with Crippen LogP contribution in [-0.4, -0.2) is 37.4 Å². The molecule has 2 rings (SSSR count). The summed E-state index contributed by atoms with van der Waals surface area (Å²) in [6.45, 7) is 1.28. The van der Waals surface area contributed by atoms with Crippen LogP contribution in [0.5, 0.6) is 0 Å². The van der Waals surface area contributed by atoms with E-state index in [0.717, 1.165) is 12.5 Å². The highest BCUT2D eigenvalue weighted by atomic mass is 19.1. The number of carboxylic acid groups (broad SMARTS) is 1. The molecule has 5 heteroatoms. The molecule has 0 bridgehead atoms. The van der Waals surface area contributed by atoms with Crippen LogP contribution in [0.1, 0.15) is 16.8 Å². The molecular weight excluding hydrogens is 225 g/mol. The normalized spacial score (nSPS) is 19.6. The first kappa shape index (κ1) is 11.9. The number of ether oxygens (including phenoxy) is 1. The van der Waals surface area contributed by atoms with Gasteiger partial charge in [-0.05, 0) is 18.6 Å². The predicted molar refractivity (Wildman–Crippen MR) is 61.0 cm³/mol. The first-order valence-electron chi connectivity index (χ1n) is 5.43. The van der Waals surface area contributed by atoms with Crippen LogP contribution in [0.25, 0.3) is 0 Å². The minimum Gasteiger partial charge on any atom is -0.478 e. The Morgan fingerprint density at radius 2 is 2.35 bits per heavy atom.